The van der Waals surface area contributed by atoms with Gasteiger partial charge in [0.1, 0.15) is 11.6 Å². The summed E-state index contributed by atoms with van der Waals surface area (Å²) in [7, 11) is 0. The average Bonchev–Trinajstić information content (AvgIpc) is 2.79. The molecule has 0 bridgehead atoms. The van der Waals surface area contributed by atoms with Gasteiger partial charge < -0.3 is 0 Å². The third kappa shape index (κ3) is 2.94. The van der Waals surface area contributed by atoms with E-state index in [1.807, 2.05) is 6.92 Å². The van der Waals surface area contributed by atoms with Crippen molar-refractivity contribution in [3.8, 4) is 6.07 Å². The van der Waals surface area contributed by atoms with Gasteiger partial charge >= 0.3 is 0 Å². The molecule has 2 aromatic heterocycles. The van der Waals surface area contributed by atoms with Gasteiger partial charge in [0, 0.05) is 21.4 Å². The van der Waals surface area contributed by atoms with Crippen molar-refractivity contribution < 1.29 is 9.72 Å². The van der Waals surface area contributed by atoms with Crippen LogP contribution in [0.2, 0.25) is 0 Å². The minimum atomic E-state index is -0.717. The van der Waals surface area contributed by atoms with Crippen LogP contribution in [0.25, 0.3) is 0 Å². The number of pyridine rings is 1. The van der Waals surface area contributed by atoms with Crippen LogP contribution in [0.5, 0.6) is 0 Å². The van der Waals surface area contributed by atoms with Crippen molar-refractivity contribution in [2.75, 3.05) is 0 Å². The molecule has 8 heteroatoms. The second kappa shape index (κ2) is 5.91. The van der Waals surface area contributed by atoms with E-state index in [1.54, 1.807) is 19.1 Å². The summed E-state index contributed by atoms with van der Waals surface area (Å²) in [6.07, 6.45) is 0.982. The van der Waals surface area contributed by atoms with Gasteiger partial charge in [0.2, 0.25) is 0 Å². The minimum Gasteiger partial charge on any atom is -0.300 e. The molecule has 0 spiro atoms. The van der Waals surface area contributed by atoms with E-state index in [0.29, 0.717) is 5.56 Å². The molecule has 0 amide bonds. The van der Waals surface area contributed by atoms with Crippen molar-refractivity contribution in [2.45, 2.75) is 20.4 Å². The van der Waals surface area contributed by atoms with Crippen LogP contribution in [0.15, 0.2) is 23.1 Å². The van der Waals surface area contributed by atoms with Crippen molar-refractivity contribution in [3.05, 3.63) is 59.7 Å². The van der Waals surface area contributed by atoms with Crippen LogP contribution < -0.4 is 5.56 Å². The van der Waals surface area contributed by atoms with E-state index in [4.69, 9.17) is 5.26 Å². The summed E-state index contributed by atoms with van der Waals surface area (Å²) >= 11 is 1.46. The van der Waals surface area contributed by atoms with Gasteiger partial charge in [-0.25, -0.2) is 0 Å². The highest BCUT2D eigenvalue weighted by molar-refractivity contribution is 7.12. The maximum atomic E-state index is 12.3. The van der Waals surface area contributed by atoms with Gasteiger partial charge in [0.05, 0.1) is 17.7 Å². The summed E-state index contributed by atoms with van der Waals surface area (Å²) in [4.78, 5) is 36.2. The number of nitro groups is 1. The van der Waals surface area contributed by atoms with Crippen LogP contribution >= 0.6 is 11.3 Å². The predicted octanol–water partition coefficient (Wildman–Crippen LogP) is 2.19. The number of nitriles is 1. The first-order valence-electron chi connectivity index (χ1n) is 6.22. The Morgan fingerprint density at radius 2 is 2.14 bits per heavy atom. The van der Waals surface area contributed by atoms with E-state index in [9.17, 15) is 19.7 Å². The molecule has 0 aliphatic carbocycles. The monoisotopic (exact) mass is 317 g/mol. The van der Waals surface area contributed by atoms with E-state index >= 15 is 0 Å². The van der Waals surface area contributed by atoms with Crippen molar-refractivity contribution in [2.24, 2.45) is 0 Å². The summed E-state index contributed by atoms with van der Waals surface area (Å²) in [5.41, 5.74) is -0.993. The van der Waals surface area contributed by atoms with Gasteiger partial charge in [0.15, 0.2) is 5.78 Å². The largest absolute Gasteiger partial charge is 0.300 e. The Morgan fingerprint density at radius 3 is 2.64 bits per heavy atom. The molecule has 0 aliphatic rings. The molecule has 22 heavy (non-hydrogen) atoms. The van der Waals surface area contributed by atoms with Gasteiger partial charge in [-0.2, -0.15) is 5.26 Å². The molecular weight excluding hydrogens is 306 g/mol. The zero-order chi connectivity index (χ0) is 16.4. The minimum absolute atomic E-state index is 0.326. The number of aromatic nitrogens is 1. The number of rotatable bonds is 4. The number of ketones is 1. The topological polar surface area (TPSA) is 106 Å². The number of hydrogen-bond donors (Lipinski definition) is 0. The van der Waals surface area contributed by atoms with E-state index in [-0.39, 0.29) is 17.9 Å². The first-order chi connectivity index (χ1) is 10.3. The van der Waals surface area contributed by atoms with Gasteiger partial charge in [-0.3, -0.25) is 24.3 Å². The van der Waals surface area contributed by atoms with Crippen LogP contribution in [0, 0.1) is 35.3 Å². The molecule has 2 rings (SSSR count). The molecule has 2 heterocycles. The summed E-state index contributed by atoms with van der Waals surface area (Å²) in [5, 5.41) is 19.7. The summed E-state index contributed by atoms with van der Waals surface area (Å²) in [5.74, 6) is -0.326. The molecule has 2 aromatic rings. The molecule has 0 atom stereocenters. The number of Topliss-reactive ketones (excluding diaryl/α,β-unsaturated/α-hetero) is 1. The van der Waals surface area contributed by atoms with Crippen LogP contribution in [0.4, 0.5) is 5.69 Å². The molecule has 0 fully saturated rings. The molecule has 0 N–H and O–H groups in total. The molecule has 0 saturated carbocycles. The lowest BCUT2D eigenvalue weighted by Crippen LogP contribution is -2.26. The highest BCUT2D eigenvalue weighted by Gasteiger charge is 2.18. The van der Waals surface area contributed by atoms with Gasteiger partial charge in [-0.15, -0.1) is 11.3 Å². The maximum Gasteiger partial charge on any atom is 0.287 e. The zero-order valence-electron chi connectivity index (χ0n) is 11.8. The fourth-order valence-electron chi connectivity index (χ4n) is 2.06. The lowest BCUT2D eigenvalue weighted by molar-refractivity contribution is -0.385. The van der Waals surface area contributed by atoms with Crippen LogP contribution in [0.3, 0.4) is 0 Å². The standard InChI is InChI=1S/C14H11N3O4S/c1-8-3-12(9(2)22-8)13(18)7-16-6-11(17(20)21)4-10(5-15)14(16)19/h3-4,6H,7H2,1-2H3. The number of carbonyl (C=O) groups excluding carboxylic acids is 1. The zero-order valence-corrected chi connectivity index (χ0v) is 12.6. The number of carbonyl (C=O) groups is 1. The second-order valence-electron chi connectivity index (χ2n) is 4.66. The SMILES string of the molecule is Cc1cc(C(=O)Cn2cc([N+](=O)[O-])cc(C#N)c2=O)c(C)s1. The number of nitrogens with zero attached hydrogens (tertiary/aromatic N) is 3. The molecule has 7 nitrogen and oxygen atoms in total. The maximum absolute atomic E-state index is 12.3. The first kappa shape index (κ1) is 15.6. The van der Waals surface area contributed by atoms with E-state index < -0.39 is 16.2 Å². The Morgan fingerprint density at radius 1 is 1.45 bits per heavy atom. The van der Waals surface area contributed by atoms with Crippen LogP contribution in [-0.4, -0.2) is 15.3 Å². The average molecular weight is 317 g/mol. The molecule has 0 saturated heterocycles. The van der Waals surface area contributed by atoms with Crippen molar-refractivity contribution in [1.82, 2.24) is 4.57 Å². The Bertz CT molecular complexity index is 873. The molecule has 112 valence electrons. The van der Waals surface area contributed by atoms with Crippen LogP contribution in [0.1, 0.15) is 25.7 Å². The first-order valence-corrected chi connectivity index (χ1v) is 7.04. The number of aryl methyl sites for hydroxylation is 2. The van der Waals surface area contributed by atoms with Gasteiger partial charge in [-0.1, -0.05) is 0 Å². The summed E-state index contributed by atoms with van der Waals surface area (Å²) in [6, 6.07) is 4.24. The fourth-order valence-corrected chi connectivity index (χ4v) is 3.01. The molecule has 0 unspecified atom stereocenters. The lowest BCUT2D eigenvalue weighted by Gasteiger charge is -2.05. The number of hydrogen-bond acceptors (Lipinski definition) is 6. The molecule has 0 aliphatic heterocycles. The molecule has 0 radical (unpaired) electrons. The Labute approximate surface area is 129 Å². The van der Waals surface area contributed by atoms with Gasteiger partial charge in [0.25, 0.3) is 11.2 Å². The summed E-state index contributed by atoms with van der Waals surface area (Å²) < 4.78 is 0.908. The highest BCUT2D eigenvalue weighted by atomic mass is 32.1. The Kier molecular flexibility index (Phi) is 4.19. The second-order valence-corrected chi connectivity index (χ2v) is 6.12. The van der Waals surface area contributed by atoms with Crippen molar-refractivity contribution in [1.29, 1.82) is 5.26 Å². The third-order valence-corrected chi connectivity index (χ3v) is 4.02. The van der Waals surface area contributed by atoms with Crippen LogP contribution in [-0.2, 0) is 6.54 Å². The van der Waals surface area contributed by atoms with E-state index in [2.05, 4.69) is 0 Å². The lowest BCUT2D eigenvalue weighted by atomic mass is 10.1. The van der Waals surface area contributed by atoms with Crippen molar-refractivity contribution >= 4 is 22.8 Å². The molecular formula is C14H11N3O4S. The predicted molar refractivity (Wildman–Crippen MR) is 80.2 cm³/mol. The quantitative estimate of drug-likeness (QED) is 0.488. The normalized spacial score (nSPS) is 10.2. The van der Waals surface area contributed by atoms with Crippen molar-refractivity contribution in [3.63, 3.8) is 0 Å². The Hall–Kier alpha value is -2.79. The van der Waals surface area contributed by atoms with Gasteiger partial charge in [-0.05, 0) is 19.9 Å². The third-order valence-electron chi connectivity index (χ3n) is 3.06. The van der Waals surface area contributed by atoms with E-state index in [1.165, 1.54) is 11.3 Å². The fraction of sp³-hybridized carbons (Fsp3) is 0.214. The van der Waals surface area contributed by atoms with E-state index in [0.717, 1.165) is 26.6 Å². The summed E-state index contributed by atoms with van der Waals surface area (Å²) in [6.45, 7) is 3.32. The Balaban J connectivity index is 2.45. The molecule has 0 aromatic carbocycles. The smallest absolute Gasteiger partial charge is 0.287 e. The highest BCUT2D eigenvalue weighted by Crippen LogP contribution is 2.21. The number of thiophene rings is 1.